The van der Waals surface area contributed by atoms with E-state index in [9.17, 15) is 5.11 Å². The molecular weight excluding hydrogens is 348 g/mol. The molecule has 0 aliphatic heterocycles. The van der Waals surface area contributed by atoms with E-state index in [2.05, 4.69) is 59.4 Å². The van der Waals surface area contributed by atoms with Gasteiger partial charge in [0.15, 0.2) is 0 Å². The van der Waals surface area contributed by atoms with E-state index in [0.717, 1.165) is 12.0 Å². The molecule has 1 aromatic rings. The first-order chi connectivity index (χ1) is 12.8. The van der Waals surface area contributed by atoms with Crippen LogP contribution in [0, 0.1) is 6.92 Å². The molecular formula is C25H44OS. The van der Waals surface area contributed by atoms with Crippen molar-refractivity contribution in [3.05, 3.63) is 28.8 Å². The van der Waals surface area contributed by atoms with Crippen LogP contribution in [-0.4, -0.2) is 16.1 Å². The van der Waals surface area contributed by atoms with Crippen molar-refractivity contribution in [3.8, 4) is 5.75 Å². The molecule has 0 bridgehead atoms. The zero-order valence-corrected chi connectivity index (χ0v) is 19.7. The predicted molar refractivity (Wildman–Crippen MR) is 124 cm³/mol. The molecule has 0 aromatic heterocycles. The summed E-state index contributed by atoms with van der Waals surface area (Å²) in [5, 5.41) is 11.0. The zero-order valence-electron chi connectivity index (χ0n) is 18.9. The Hall–Kier alpha value is -0.630. The summed E-state index contributed by atoms with van der Waals surface area (Å²) >= 11 is 2.15. The quantitative estimate of drug-likeness (QED) is 0.341. The smallest absolute Gasteiger partial charge is 0.119 e. The average Bonchev–Trinajstić information content (AvgIpc) is 2.60. The molecule has 2 heteroatoms. The second kappa shape index (κ2) is 12.8. The van der Waals surface area contributed by atoms with Crippen LogP contribution in [0.5, 0.6) is 5.75 Å². The summed E-state index contributed by atoms with van der Waals surface area (Å²) < 4.78 is 0. The lowest BCUT2D eigenvalue weighted by Gasteiger charge is -2.24. The number of hydrogen-bond donors (Lipinski definition) is 1. The number of aryl methyl sites for hydroxylation is 1. The fourth-order valence-electron chi connectivity index (χ4n) is 3.61. The van der Waals surface area contributed by atoms with Crippen molar-refractivity contribution in [1.29, 1.82) is 0 Å². The van der Waals surface area contributed by atoms with Crippen LogP contribution in [0.3, 0.4) is 0 Å². The Balaban J connectivity index is 2.43. The normalized spacial score (nSPS) is 13.1. The Labute approximate surface area is 173 Å². The number of thioether (sulfide) groups is 1. The molecule has 1 unspecified atom stereocenters. The minimum atomic E-state index is -0.0154. The average molecular weight is 393 g/mol. The van der Waals surface area contributed by atoms with Gasteiger partial charge >= 0.3 is 0 Å². The third-order valence-electron chi connectivity index (χ3n) is 5.52. The van der Waals surface area contributed by atoms with E-state index in [1.165, 1.54) is 74.7 Å². The van der Waals surface area contributed by atoms with E-state index in [1.807, 2.05) is 6.07 Å². The van der Waals surface area contributed by atoms with Gasteiger partial charge in [-0.2, -0.15) is 11.8 Å². The number of aromatic hydroxyl groups is 1. The van der Waals surface area contributed by atoms with E-state index in [4.69, 9.17) is 0 Å². The molecule has 156 valence electrons. The Bertz CT molecular complexity index is 530. The molecule has 1 nitrogen and oxygen atoms in total. The zero-order chi connectivity index (χ0) is 20.3. The Kier molecular flexibility index (Phi) is 11.5. The van der Waals surface area contributed by atoms with Gasteiger partial charge in [0, 0.05) is 5.25 Å². The Morgan fingerprint density at radius 2 is 1.52 bits per heavy atom. The van der Waals surface area contributed by atoms with Gasteiger partial charge in [-0.15, -0.1) is 0 Å². The molecule has 1 rings (SSSR count). The van der Waals surface area contributed by atoms with Gasteiger partial charge in [0.25, 0.3) is 0 Å². The van der Waals surface area contributed by atoms with Gasteiger partial charge in [0.1, 0.15) is 5.75 Å². The highest BCUT2D eigenvalue weighted by Crippen LogP contribution is 2.34. The van der Waals surface area contributed by atoms with Gasteiger partial charge in [0.2, 0.25) is 0 Å². The topological polar surface area (TPSA) is 20.2 Å². The number of unbranched alkanes of at least 4 members (excludes halogenated alkanes) is 7. The van der Waals surface area contributed by atoms with Crippen molar-refractivity contribution in [3.63, 3.8) is 0 Å². The summed E-state index contributed by atoms with van der Waals surface area (Å²) in [5.74, 6) is 1.74. The Morgan fingerprint density at radius 3 is 2.07 bits per heavy atom. The van der Waals surface area contributed by atoms with Gasteiger partial charge < -0.3 is 5.11 Å². The van der Waals surface area contributed by atoms with E-state index in [1.54, 1.807) is 0 Å². The van der Waals surface area contributed by atoms with Gasteiger partial charge in [0.05, 0.1) is 0 Å². The maximum absolute atomic E-state index is 10.3. The number of phenols is 1. The summed E-state index contributed by atoms with van der Waals surface area (Å²) in [6.45, 7) is 13.3. The highest BCUT2D eigenvalue weighted by molar-refractivity contribution is 7.99. The molecule has 0 saturated carbocycles. The lowest BCUT2D eigenvalue weighted by atomic mass is 9.84. The first-order valence-electron chi connectivity index (χ1n) is 11.2. The van der Waals surface area contributed by atoms with Gasteiger partial charge in [-0.05, 0) is 60.1 Å². The Morgan fingerprint density at radius 1 is 0.926 bits per heavy atom. The lowest BCUT2D eigenvalue weighted by molar-refractivity contribution is 0.445. The SMILES string of the molecule is CCCCCCCCCCSC(CC)Cc1cc(C(C)(C)C)c(O)cc1C. The van der Waals surface area contributed by atoms with Gasteiger partial charge in [-0.3, -0.25) is 0 Å². The van der Waals surface area contributed by atoms with Crippen molar-refractivity contribution in [2.24, 2.45) is 0 Å². The number of rotatable bonds is 13. The van der Waals surface area contributed by atoms with Crippen LogP contribution in [0.15, 0.2) is 12.1 Å². The van der Waals surface area contributed by atoms with Crippen molar-refractivity contribution in [2.75, 3.05) is 5.75 Å². The lowest BCUT2D eigenvalue weighted by Crippen LogP contribution is -2.14. The van der Waals surface area contributed by atoms with E-state index >= 15 is 0 Å². The summed E-state index contributed by atoms with van der Waals surface area (Å²) in [4.78, 5) is 0. The minimum absolute atomic E-state index is 0.0154. The standard InChI is InChI=1S/C25H44OS/c1-7-9-10-11-12-13-14-15-16-27-22(8-2)18-21-19-23(25(4,5)6)24(26)17-20(21)3/h17,19,22,26H,7-16,18H2,1-6H3. The highest BCUT2D eigenvalue weighted by atomic mass is 32.2. The largest absolute Gasteiger partial charge is 0.508 e. The van der Waals surface area contributed by atoms with Crippen LogP contribution >= 0.6 is 11.8 Å². The predicted octanol–water partition coefficient (Wildman–Crippen LogP) is 8.19. The monoisotopic (exact) mass is 392 g/mol. The molecule has 0 radical (unpaired) electrons. The second-order valence-corrected chi connectivity index (χ2v) is 10.5. The second-order valence-electron chi connectivity index (χ2n) is 9.13. The van der Waals surface area contributed by atoms with E-state index in [-0.39, 0.29) is 5.41 Å². The third-order valence-corrected chi connectivity index (χ3v) is 7.01. The van der Waals surface area contributed by atoms with Gasteiger partial charge in [-0.25, -0.2) is 0 Å². The molecule has 0 fully saturated rings. The fraction of sp³-hybridized carbons (Fsp3) is 0.760. The fourth-order valence-corrected chi connectivity index (χ4v) is 4.85. The third kappa shape index (κ3) is 9.41. The van der Waals surface area contributed by atoms with Crippen LogP contribution in [0.2, 0.25) is 0 Å². The summed E-state index contributed by atoms with van der Waals surface area (Å²) in [6.07, 6.45) is 13.5. The van der Waals surface area contributed by atoms with Crippen LogP contribution in [0.1, 0.15) is 109 Å². The van der Waals surface area contributed by atoms with Crippen LogP contribution in [0.4, 0.5) is 0 Å². The molecule has 1 N–H and O–H groups in total. The molecule has 27 heavy (non-hydrogen) atoms. The number of benzene rings is 1. The molecule has 0 saturated heterocycles. The van der Waals surface area contributed by atoms with Crippen molar-refractivity contribution < 1.29 is 5.11 Å². The van der Waals surface area contributed by atoms with Crippen molar-refractivity contribution in [1.82, 2.24) is 0 Å². The van der Waals surface area contributed by atoms with Crippen LogP contribution in [0.25, 0.3) is 0 Å². The molecule has 0 spiro atoms. The van der Waals surface area contributed by atoms with Crippen molar-refractivity contribution >= 4 is 11.8 Å². The highest BCUT2D eigenvalue weighted by Gasteiger charge is 2.20. The summed E-state index contributed by atoms with van der Waals surface area (Å²) in [7, 11) is 0. The van der Waals surface area contributed by atoms with Gasteiger partial charge in [-0.1, -0.05) is 85.6 Å². The van der Waals surface area contributed by atoms with E-state index in [0.29, 0.717) is 11.0 Å². The van der Waals surface area contributed by atoms with Crippen LogP contribution in [-0.2, 0) is 11.8 Å². The molecule has 1 aromatic carbocycles. The first-order valence-corrected chi connectivity index (χ1v) is 12.3. The molecule has 0 amide bonds. The number of hydrogen-bond acceptors (Lipinski definition) is 2. The maximum Gasteiger partial charge on any atom is 0.119 e. The summed E-state index contributed by atoms with van der Waals surface area (Å²) in [6, 6.07) is 4.22. The number of phenolic OH excluding ortho intramolecular Hbond substituents is 1. The minimum Gasteiger partial charge on any atom is -0.508 e. The molecule has 0 heterocycles. The first kappa shape index (κ1) is 24.4. The summed E-state index contributed by atoms with van der Waals surface area (Å²) in [5.41, 5.74) is 3.70. The van der Waals surface area contributed by atoms with Crippen LogP contribution < -0.4 is 0 Å². The molecule has 0 aliphatic carbocycles. The van der Waals surface area contributed by atoms with Crippen molar-refractivity contribution in [2.45, 2.75) is 116 Å². The molecule has 1 atom stereocenters. The molecule has 0 aliphatic rings. The van der Waals surface area contributed by atoms with E-state index < -0.39 is 0 Å². The maximum atomic E-state index is 10.3.